The van der Waals surface area contributed by atoms with Gasteiger partial charge in [-0.3, -0.25) is 4.79 Å². The van der Waals surface area contributed by atoms with Crippen molar-refractivity contribution in [3.63, 3.8) is 0 Å². The molecule has 2 heteroatoms. The molecule has 0 unspecified atom stereocenters. The van der Waals surface area contributed by atoms with Gasteiger partial charge in [0.05, 0.1) is 0 Å². The second kappa shape index (κ2) is 5.03. The Hall–Kier alpha value is -0.813. The average Bonchev–Trinajstić information content (AvgIpc) is 1.95. The van der Waals surface area contributed by atoms with E-state index in [1.165, 1.54) is 0 Å². The third-order valence-corrected chi connectivity index (χ3v) is 2.34. The summed E-state index contributed by atoms with van der Waals surface area (Å²) in [6.45, 7) is 11.9. The molecule has 13 heavy (non-hydrogen) atoms. The number of rotatable bonds is 3. The molecule has 0 aliphatic rings. The molecule has 0 amide bonds. The quantitative estimate of drug-likeness (QED) is 0.383. The first-order valence-corrected chi connectivity index (χ1v) is 8.01. The molecule has 0 heterocycles. The molecule has 0 rings (SSSR count). The Balaban J connectivity index is 3.85. The van der Waals surface area contributed by atoms with Crippen molar-refractivity contribution in [2.45, 2.75) is 39.4 Å². The van der Waals surface area contributed by atoms with E-state index in [0.717, 1.165) is 0 Å². The maximum atomic E-state index is 11.1. The highest BCUT2D eigenvalue weighted by atomic mass is 28.3. The van der Waals surface area contributed by atoms with Crippen molar-refractivity contribution in [2.75, 3.05) is 0 Å². The summed E-state index contributed by atoms with van der Waals surface area (Å²) in [6, 6.07) is 0. The zero-order valence-corrected chi connectivity index (χ0v) is 10.0. The molecule has 1 nitrogen and oxygen atoms in total. The summed E-state index contributed by atoms with van der Waals surface area (Å²) in [5, 5.41) is 0. The van der Waals surface area contributed by atoms with E-state index >= 15 is 0 Å². The number of carbonyl (C=O) groups is 1. The summed E-state index contributed by atoms with van der Waals surface area (Å²) in [6.07, 6.45) is 1.20. The van der Waals surface area contributed by atoms with E-state index in [1.807, 2.05) is 0 Å². The van der Waals surface area contributed by atoms with E-state index in [-0.39, 0.29) is 5.78 Å². The van der Waals surface area contributed by atoms with E-state index in [1.54, 1.807) is 6.92 Å². The largest absolute Gasteiger partial charge is 0.295 e. The number of allylic oxidation sites excluding steroid dienone is 1. The predicted molar refractivity (Wildman–Crippen MR) is 60.2 cm³/mol. The zero-order chi connectivity index (χ0) is 10.5. The van der Waals surface area contributed by atoms with Gasteiger partial charge in [0.15, 0.2) is 5.78 Å². The lowest BCUT2D eigenvalue weighted by Crippen LogP contribution is -2.16. The monoisotopic (exact) mass is 194 g/mol. The topological polar surface area (TPSA) is 17.1 Å². The van der Waals surface area contributed by atoms with Crippen LogP contribution in [0.2, 0.25) is 19.6 Å². The lowest BCUT2D eigenvalue weighted by atomic mass is 10.1. The van der Waals surface area contributed by atoms with E-state index in [4.69, 9.17) is 0 Å². The van der Waals surface area contributed by atoms with Gasteiger partial charge in [0.2, 0.25) is 0 Å². The van der Waals surface area contributed by atoms with Crippen LogP contribution in [0.1, 0.15) is 19.8 Å². The first-order chi connectivity index (χ1) is 5.83. The van der Waals surface area contributed by atoms with Crippen molar-refractivity contribution in [1.29, 1.82) is 0 Å². The van der Waals surface area contributed by atoms with Gasteiger partial charge < -0.3 is 0 Å². The fourth-order valence-corrected chi connectivity index (χ4v) is 1.37. The Morgan fingerprint density at radius 2 is 1.92 bits per heavy atom. The number of hydrogen-bond acceptors (Lipinski definition) is 1. The second-order valence-corrected chi connectivity index (χ2v) is 9.01. The van der Waals surface area contributed by atoms with Crippen molar-refractivity contribution < 1.29 is 4.79 Å². The van der Waals surface area contributed by atoms with E-state index in [2.05, 4.69) is 37.7 Å². The van der Waals surface area contributed by atoms with Crippen LogP contribution in [0.3, 0.4) is 0 Å². The van der Waals surface area contributed by atoms with Crippen molar-refractivity contribution in [3.05, 3.63) is 12.2 Å². The highest BCUT2D eigenvalue weighted by molar-refractivity contribution is 6.83. The Kier molecular flexibility index (Phi) is 4.72. The molecule has 72 valence electrons. The Morgan fingerprint density at radius 3 is 2.31 bits per heavy atom. The molecule has 0 aromatic heterocycles. The first-order valence-electron chi connectivity index (χ1n) is 4.51. The molecule has 0 radical (unpaired) electrons. The lowest BCUT2D eigenvalue weighted by molar-refractivity contribution is -0.115. The molecule has 0 spiro atoms. The summed E-state index contributed by atoms with van der Waals surface area (Å²) >= 11 is 0. The third-order valence-electron chi connectivity index (χ3n) is 1.42. The number of ketones is 1. The molecule has 0 aromatic carbocycles. The SMILES string of the molecule is C=C(C)C(=O)CCC#C[Si](C)(C)C. The van der Waals surface area contributed by atoms with Crippen LogP contribution in [0, 0.1) is 11.5 Å². The molecule has 0 N–H and O–H groups in total. The molecule has 0 aliphatic heterocycles. The maximum Gasteiger partial charge on any atom is 0.158 e. The lowest BCUT2D eigenvalue weighted by Gasteiger charge is -2.03. The minimum Gasteiger partial charge on any atom is -0.295 e. The van der Waals surface area contributed by atoms with Crippen LogP contribution in [0.4, 0.5) is 0 Å². The molecule has 0 bridgehead atoms. The summed E-state index contributed by atoms with van der Waals surface area (Å²) in [5.74, 6) is 3.19. The van der Waals surface area contributed by atoms with Gasteiger partial charge in [0.25, 0.3) is 0 Å². The molecule has 0 atom stereocenters. The molecular weight excluding hydrogens is 176 g/mol. The van der Waals surface area contributed by atoms with E-state index in [0.29, 0.717) is 18.4 Å². The summed E-state index contributed by atoms with van der Waals surface area (Å²) in [7, 11) is -1.25. The fourth-order valence-electron chi connectivity index (χ4n) is 0.717. The van der Waals surface area contributed by atoms with Crippen LogP contribution >= 0.6 is 0 Å². The second-order valence-electron chi connectivity index (χ2n) is 4.26. The summed E-state index contributed by atoms with van der Waals surface area (Å²) < 4.78 is 0. The van der Waals surface area contributed by atoms with Crippen molar-refractivity contribution in [3.8, 4) is 11.5 Å². The van der Waals surface area contributed by atoms with Gasteiger partial charge in [-0.25, -0.2) is 0 Å². The van der Waals surface area contributed by atoms with E-state index < -0.39 is 8.07 Å². The van der Waals surface area contributed by atoms with E-state index in [9.17, 15) is 4.79 Å². The highest BCUT2D eigenvalue weighted by Gasteiger charge is 2.07. The molecule has 0 aliphatic carbocycles. The smallest absolute Gasteiger partial charge is 0.158 e. The van der Waals surface area contributed by atoms with Crippen LogP contribution in [-0.2, 0) is 4.79 Å². The number of carbonyl (C=O) groups excluding carboxylic acids is 1. The Labute approximate surface area is 82.2 Å². The molecular formula is C11H18OSi. The first kappa shape index (κ1) is 12.2. The number of hydrogen-bond donors (Lipinski definition) is 0. The minimum absolute atomic E-state index is 0.130. The van der Waals surface area contributed by atoms with Gasteiger partial charge in [-0.05, 0) is 12.5 Å². The Morgan fingerprint density at radius 1 is 1.38 bits per heavy atom. The van der Waals surface area contributed by atoms with Gasteiger partial charge >= 0.3 is 0 Å². The van der Waals surface area contributed by atoms with Crippen LogP contribution in [0.15, 0.2) is 12.2 Å². The molecule has 0 saturated carbocycles. The molecule has 0 fully saturated rings. The van der Waals surface area contributed by atoms with Gasteiger partial charge in [0.1, 0.15) is 8.07 Å². The van der Waals surface area contributed by atoms with Gasteiger partial charge in [-0.2, -0.15) is 0 Å². The van der Waals surface area contributed by atoms with Crippen molar-refractivity contribution in [1.82, 2.24) is 0 Å². The van der Waals surface area contributed by atoms with Gasteiger partial charge in [0, 0.05) is 12.8 Å². The highest BCUT2D eigenvalue weighted by Crippen LogP contribution is 2.00. The van der Waals surface area contributed by atoms with Crippen LogP contribution in [-0.4, -0.2) is 13.9 Å². The third kappa shape index (κ3) is 7.54. The summed E-state index contributed by atoms with van der Waals surface area (Å²) in [4.78, 5) is 11.1. The summed E-state index contributed by atoms with van der Waals surface area (Å²) in [5.41, 5.74) is 3.86. The predicted octanol–water partition coefficient (Wildman–Crippen LogP) is 2.79. The fraction of sp³-hybridized carbons (Fsp3) is 0.545. The standard InChI is InChI=1S/C11H18OSi/c1-10(2)11(12)8-6-7-9-13(3,4)5/h1,6,8H2,2-5H3. The number of Topliss-reactive ketones (excluding diaryl/α,β-unsaturated/α-hetero) is 1. The average molecular weight is 194 g/mol. The zero-order valence-electron chi connectivity index (χ0n) is 9.03. The van der Waals surface area contributed by atoms with Gasteiger partial charge in [-0.1, -0.05) is 26.2 Å². The van der Waals surface area contributed by atoms with Crippen LogP contribution in [0.25, 0.3) is 0 Å². The minimum atomic E-state index is -1.25. The molecule has 0 saturated heterocycles. The van der Waals surface area contributed by atoms with Gasteiger partial charge in [-0.15, -0.1) is 11.5 Å². The van der Waals surface area contributed by atoms with Crippen molar-refractivity contribution >= 4 is 13.9 Å². The van der Waals surface area contributed by atoms with Crippen LogP contribution in [0.5, 0.6) is 0 Å². The van der Waals surface area contributed by atoms with Crippen LogP contribution < -0.4 is 0 Å². The molecule has 0 aromatic rings. The normalized spacial score (nSPS) is 10.2. The maximum absolute atomic E-state index is 11.1. The van der Waals surface area contributed by atoms with Crippen molar-refractivity contribution in [2.24, 2.45) is 0 Å². The Bertz CT molecular complexity index is 260.